The minimum atomic E-state index is -1.09. The van der Waals surface area contributed by atoms with Crippen LogP contribution in [0.2, 0.25) is 0 Å². The van der Waals surface area contributed by atoms with E-state index in [1.807, 2.05) is 6.07 Å². The van der Waals surface area contributed by atoms with E-state index in [0.29, 0.717) is 22.6 Å². The van der Waals surface area contributed by atoms with Crippen LogP contribution in [-0.2, 0) is 0 Å². The number of carbonyl (C=O) groups is 1. The first-order valence-electron chi connectivity index (χ1n) is 4.20. The average molecular weight is 221 g/mol. The number of aromatic nitrogens is 1. The monoisotopic (exact) mass is 221 g/mol. The number of aromatic amines is 1. The molecule has 15 heavy (non-hydrogen) atoms. The second kappa shape index (κ2) is 3.70. The van der Waals surface area contributed by atoms with Gasteiger partial charge in [0.2, 0.25) is 0 Å². The van der Waals surface area contributed by atoms with Gasteiger partial charge in [0.25, 0.3) is 0 Å². The maximum atomic E-state index is 11.1. The second-order valence-corrected chi connectivity index (χ2v) is 3.87. The van der Waals surface area contributed by atoms with Crippen LogP contribution >= 0.6 is 11.3 Å². The molecule has 0 saturated heterocycles. The van der Waals surface area contributed by atoms with Gasteiger partial charge < -0.3 is 10.1 Å². The van der Waals surface area contributed by atoms with Crippen molar-refractivity contribution < 1.29 is 9.90 Å². The van der Waals surface area contributed by atoms with Crippen molar-refractivity contribution in [3.8, 4) is 11.3 Å². The molecule has 0 aliphatic carbocycles. The van der Waals surface area contributed by atoms with Crippen LogP contribution in [0.15, 0.2) is 35.1 Å². The van der Waals surface area contributed by atoms with E-state index in [1.165, 1.54) is 0 Å². The molecular weight excluding hydrogens is 214 g/mol. The molecule has 0 aliphatic heterocycles. The number of thiazole rings is 1. The molecule has 2 rings (SSSR count). The van der Waals surface area contributed by atoms with Crippen molar-refractivity contribution in [2.45, 2.75) is 0 Å². The number of carboxylic acids is 1. The van der Waals surface area contributed by atoms with Gasteiger partial charge in [-0.2, -0.15) is 0 Å². The first kappa shape index (κ1) is 9.67. The van der Waals surface area contributed by atoms with Gasteiger partial charge in [0, 0.05) is 0 Å². The smallest absolute Gasteiger partial charge is 0.348 e. The first-order valence-corrected chi connectivity index (χ1v) is 5.02. The van der Waals surface area contributed by atoms with Crippen molar-refractivity contribution in [3.63, 3.8) is 0 Å². The van der Waals surface area contributed by atoms with E-state index in [9.17, 15) is 9.59 Å². The summed E-state index contributed by atoms with van der Waals surface area (Å²) in [5, 5.41) is 8.89. The molecule has 0 bridgehead atoms. The molecule has 0 unspecified atom stereocenters. The molecule has 4 nitrogen and oxygen atoms in total. The Morgan fingerprint density at radius 3 is 2.53 bits per heavy atom. The van der Waals surface area contributed by atoms with Gasteiger partial charge in [-0.05, 0) is 5.56 Å². The lowest BCUT2D eigenvalue weighted by molar-refractivity contribution is 0.0702. The van der Waals surface area contributed by atoms with Gasteiger partial charge in [0.1, 0.15) is 4.88 Å². The zero-order valence-corrected chi connectivity index (χ0v) is 8.38. The van der Waals surface area contributed by atoms with E-state index in [2.05, 4.69) is 4.98 Å². The molecule has 1 heterocycles. The molecule has 5 heteroatoms. The summed E-state index contributed by atoms with van der Waals surface area (Å²) >= 11 is 0.707. The SMILES string of the molecule is O=C(O)c1sc(=O)[nH]c1-c1ccccc1. The van der Waals surface area contributed by atoms with Crippen LogP contribution in [0.1, 0.15) is 9.67 Å². The summed E-state index contributed by atoms with van der Waals surface area (Å²) < 4.78 is 0. The third-order valence-corrected chi connectivity index (χ3v) is 2.78. The summed E-state index contributed by atoms with van der Waals surface area (Å²) in [4.78, 5) is 24.2. The van der Waals surface area contributed by atoms with E-state index in [0.717, 1.165) is 0 Å². The quantitative estimate of drug-likeness (QED) is 0.812. The minimum absolute atomic E-state index is 0.0474. The molecule has 0 aliphatic rings. The standard InChI is InChI=1S/C10H7NO3S/c12-9(13)8-7(11-10(14)15-8)6-4-2-1-3-5-6/h1-5H,(H,11,14)(H,12,13). The average Bonchev–Trinajstić information content (AvgIpc) is 2.62. The molecule has 2 aromatic rings. The number of hydrogen-bond acceptors (Lipinski definition) is 3. The molecule has 0 atom stereocenters. The summed E-state index contributed by atoms with van der Waals surface area (Å²) in [6.07, 6.45) is 0. The van der Waals surface area contributed by atoms with Crippen molar-refractivity contribution in [2.24, 2.45) is 0 Å². The van der Waals surface area contributed by atoms with Crippen molar-refractivity contribution in [1.82, 2.24) is 4.98 Å². The molecule has 0 saturated carbocycles. The van der Waals surface area contributed by atoms with Crippen molar-refractivity contribution in [2.75, 3.05) is 0 Å². The lowest BCUT2D eigenvalue weighted by Crippen LogP contribution is -1.95. The van der Waals surface area contributed by atoms with Gasteiger partial charge in [-0.25, -0.2) is 4.79 Å². The largest absolute Gasteiger partial charge is 0.477 e. The van der Waals surface area contributed by atoms with Gasteiger partial charge in [-0.1, -0.05) is 41.7 Å². The fraction of sp³-hybridized carbons (Fsp3) is 0. The van der Waals surface area contributed by atoms with Gasteiger partial charge in [0.15, 0.2) is 0 Å². The number of hydrogen-bond donors (Lipinski definition) is 2. The fourth-order valence-corrected chi connectivity index (χ4v) is 1.98. The Morgan fingerprint density at radius 2 is 1.93 bits per heavy atom. The van der Waals surface area contributed by atoms with E-state index in [-0.39, 0.29) is 9.75 Å². The normalized spacial score (nSPS) is 10.1. The van der Waals surface area contributed by atoms with Gasteiger partial charge >= 0.3 is 10.8 Å². The van der Waals surface area contributed by atoms with E-state index in [4.69, 9.17) is 5.11 Å². The maximum absolute atomic E-state index is 11.1. The Bertz CT molecular complexity index is 541. The molecule has 76 valence electrons. The Balaban J connectivity index is 2.63. The lowest BCUT2D eigenvalue weighted by Gasteiger charge is -1.97. The van der Waals surface area contributed by atoms with E-state index in [1.54, 1.807) is 24.3 Å². The lowest BCUT2D eigenvalue weighted by atomic mass is 10.1. The van der Waals surface area contributed by atoms with Crippen LogP contribution in [0, 0.1) is 0 Å². The number of rotatable bonds is 2. The zero-order chi connectivity index (χ0) is 10.8. The number of benzene rings is 1. The van der Waals surface area contributed by atoms with Gasteiger partial charge in [0.05, 0.1) is 5.69 Å². The Kier molecular flexibility index (Phi) is 2.39. The third-order valence-electron chi connectivity index (χ3n) is 1.91. The summed E-state index contributed by atoms with van der Waals surface area (Å²) in [5.41, 5.74) is 1.08. The first-order chi connectivity index (χ1) is 7.18. The maximum Gasteiger partial charge on any atom is 0.348 e. The van der Waals surface area contributed by atoms with Crippen LogP contribution in [0.25, 0.3) is 11.3 Å². The van der Waals surface area contributed by atoms with Crippen LogP contribution < -0.4 is 4.87 Å². The van der Waals surface area contributed by atoms with Gasteiger partial charge in [-0.3, -0.25) is 4.79 Å². The topological polar surface area (TPSA) is 70.2 Å². The van der Waals surface area contributed by atoms with Crippen LogP contribution in [0.5, 0.6) is 0 Å². The summed E-state index contributed by atoms with van der Waals surface area (Å²) in [6, 6.07) is 8.91. The molecular formula is C10H7NO3S. The Hall–Kier alpha value is -1.88. The molecule has 0 fully saturated rings. The summed E-state index contributed by atoms with van der Waals surface area (Å²) in [5.74, 6) is -1.09. The Labute approximate surface area is 88.8 Å². The molecule has 1 aromatic heterocycles. The number of H-pyrrole nitrogens is 1. The number of carboxylic acid groups (broad SMARTS) is 1. The third kappa shape index (κ3) is 1.82. The fourth-order valence-electron chi connectivity index (χ4n) is 1.29. The van der Waals surface area contributed by atoms with Crippen LogP contribution in [-0.4, -0.2) is 16.1 Å². The van der Waals surface area contributed by atoms with Gasteiger partial charge in [-0.15, -0.1) is 0 Å². The predicted octanol–water partition coefficient (Wildman–Crippen LogP) is 1.80. The zero-order valence-electron chi connectivity index (χ0n) is 7.56. The van der Waals surface area contributed by atoms with E-state index >= 15 is 0 Å². The number of aromatic carboxylic acids is 1. The van der Waals surface area contributed by atoms with E-state index < -0.39 is 5.97 Å². The Morgan fingerprint density at radius 1 is 1.27 bits per heavy atom. The highest BCUT2D eigenvalue weighted by Gasteiger charge is 2.15. The van der Waals surface area contributed by atoms with Crippen molar-refractivity contribution in [3.05, 3.63) is 44.9 Å². The van der Waals surface area contributed by atoms with Crippen molar-refractivity contribution in [1.29, 1.82) is 0 Å². The highest BCUT2D eigenvalue weighted by Crippen LogP contribution is 2.22. The number of nitrogens with one attached hydrogen (secondary N) is 1. The minimum Gasteiger partial charge on any atom is -0.477 e. The molecule has 0 radical (unpaired) electrons. The highest BCUT2D eigenvalue weighted by atomic mass is 32.1. The molecule has 0 amide bonds. The summed E-state index contributed by atoms with van der Waals surface area (Å²) in [6.45, 7) is 0. The van der Waals surface area contributed by atoms with Crippen LogP contribution in [0.4, 0.5) is 0 Å². The van der Waals surface area contributed by atoms with Crippen molar-refractivity contribution >= 4 is 17.3 Å². The second-order valence-electron chi connectivity index (χ2n) is 2.89. The predicted molar refractivity (Wildman–Crippen MR) is 57.3 cm³/mol. The molecule has 1 aromatic carbocycles. The molecule has 0 spiro atoms. The van der Waals surface area contributed by atoms with Crippen LogP contribution in [0.3, 0.4) is 0 Å². The summed E-state index contributed by atoms with van der Waals surface area (Å²) in [7, 11) is 0. The molecule has 2 N–H and O–H groups in total. The highest BCUT2D eigenvalue weighted by molar-refractivity contribution is 7.11.